The summed E-state index contributed by atoms with van der Waals surface area (Å²) in [7, 11) is 0. The molecule has 0 aliphatic rings. The van der Waals surface area contributed by atoms with Crippen LogP contribution in [-0.4, -0.2) is 37.2 Å². The van der Waals surface area contributed by atoms with Gasteiger partial charge >= 0.3 is 17.9 Å². The summed E-state index contributed by atoms with van der Waals surface area (Å²) in [4.78, 5) is 38.2. The van der Waals surface area contributed by atoms with Gasteiger partial charge in [-0.25, -0.2) is 0 Å². The number of rotatable bonds is 58. The first-order valence-electron chi connectivity index (χ1n) is 32.2. The molecule has 0 aliphatic carbocycles. The highest BCUT2D eigenvalue weighted by Crippen LogP contribution is 2.16. The number of carbonyl (C=O) groups excluding carboxylic acids is 3. The molecule has 0 N–H and O–H groups in total. The summed E-state index contributed by atoms with van der Waals surface area (Å²) in [5, 5.41) is 0. The van der Waals surface area contributed by atoms with Gasteiger partial charge in [0, 0.05) is 19.3 Å². The fourth-order valence-corrected chi connectivity index (χ4v) is 9.01. The minimum absolute atomic E-state index is 0.0790. The lowest BCUT2D eigenvalue weighted by molar-refractivity contribution is -0.167. The Kier molecular flexibility index (Phi) is 60.8. The Morgan fingerprint density at radius 3 is 0.816 bits per heavy atom. The third-order valence-corrected chi connectivity index (χ3v) is 13.8. The quantitative estimate of drug-likeness (QED) is 0.0261. The average Bonchev–Trinajstić information content (AvgIpc) is 3.42. The van der Waals surface area contributed by atoms with Crippen LogP contribution in [-0.2, 0) is 28.6 Å². The molecule has 0 aromatic carbocycles. The van der Waals surface area contributed by atoms with Crippen molar-refractivity contribution in [2.75, 3.05) is 13.2 Å². The van der Waals surface area contributed by atoms with E-state index in [4.69, 9.17) is 14.2 Å². The fraction of sp³-hybridized carbons (Fsp3) is 0.729. The maximum absolute atomic E-state index is 12.9. The molecule has 0 bridgehead atoms. The van der Waals surface area contributed by atoms with Crippen LogP contribution in [0.2, 0.25) is 0 Å². The topological polar surface area (TPSA) is 78.9 Å². The number of esters is 3. The van der Waals surface area contributed by atoms with Gasteiger partial charge in [-0.15, -0.1) is 0 Å². The van der Waals surface area contributed by atoms with Crippen LogP contribution in [0.4, 0.5) is 0 Å². The summed E-state index contributed by atoms with van der Waals surface area (Å²) in [5.74, 6) is -0.884. The van der Waals surface area contributed by atoms with Crippen molar-refractivity contribution in [1.29, 1.82) is 0 Å². The first kappa shape index (κ1) is 72.3. The lowest BCUT2D eigenvalue weighted by atomic mass is 10.1. The van der Waals surface area contributed by atoms with E-state index in [1.54, 1.807) is 0 Å². The predicted molar refractivity (Wildman–Crippen MR) is 330 cm³/mol. The number of allylic oxidation sites excluding steroid dienone is 16. The van der Waals surface area contributed by atoms with Crippen LogP contribution in [0.15, 0.2) is 97.2 Å². The summed E-state index contributed by atoms with van der Waals surface area (Å²) >= 11 is 0. The molecule has 436 valence electrons. The average molecular weight is 1060 g/mol. The molecule has 0 heterocycles. The third-order valence-electron chi connectivity index (χ3n) is 13.8. The van der Waals surface area contributed by atoms with E-state index in [0.29, 0.717) is 19.3 Å². The van der Waals surface area contributed by atoms with E-state index in [-0.39, 0.29) is 31.1 Å². The second-order valence-corrected chi connectivity index (χ2v) is 21.3. The molecule has 0 amide bonds. The molecule has 6 heteroatoms. The lowest BCUT2D eigenvalue weighted by Crippen LogP contribution is -2.30. The Morgan fingerprint density at radius 2 is 0.513 bits per heavy atom. The van der Waals surface area contributed by atoms with Crippen LogP contribution in [0.1, 0.15) is 310 Å². The first-order chi connectivity index (χ1) is 37.5. The summed E-state index contributed by atoms with van der Waals surface area (Å²) in [6.07, 6.45) is 85.6. The van der Waals surface area contributed by atoms with E-state index in [1.807, 2.05) is 0 Å². The Balaban J connectivity index is 4.27. The number of carbonyl (C=O) groups is 3. The largest absolute Gasteiger partial charge is 0.462 e. The van der Waals surface area contributed by atoms with E-state index < -0.39 is 6.10 Å². The summed E-state index contributed by atoms with van der Waals surface area (Å²) in [6, 6.07) is 0. The molecule has 76 heavy (non-hydrogen) atoms. The van der Waals surface area contributed by atoms with Gasteiger partial charge < -0.3 is 14.2 Å². The fourth-order valence-electron chi connectivity index (χ4n) is 9.01. The normalized spacial score (nSPS) is 12.7. The lowest BCUT2D eigenvalue weighted by Gasteiger charge is -2.18. The molecule has 0 rings (SSSR count). The van der Waals surface area contributed by atoms with Crippen molar-refractivity contribution < 1.29 is 28.6 Å². The number of hydrogen-bond acceptors (Lipinski definition) is 6. The Bertz CT molecular complexity index is 1490. The molecule has 0 aromatic heterocycles. The molecule has 0 saturated heterocycles. The highest BCUT2D eigenvalue weighted by molar-refractivity contribution is 5.71. The van der Waals surface area contributed by atoms with Crippen LogP contribution in [0, 0.1) is 0 Å². The van der Waals surface area contributed by atoms with Crippen LogP contribution < -0.4 is 0 Å². The smallest absolute Gasteiger partial charge is 0.306 e. The Morgan fingerprint density at radius 1 is 0.276 bits per heavy atom. The summed E-state index contributed by atoms with van der Waals surface area (Å²) in [5.41, 5.74) is 0. The number of hydrogen-bond donors (Lipinski definition) is 0. The van der Waals surface area contributed by atoms with E-state index in [2.05, 4.69) is 118 Å². The van der Waals surface area contributed by atoms with Gasteiger partial charge in [-0.1, -0.05) is 285 Å². The summed E-state index contributed by atoms with van der Waals surface area (Å²) < 4.78 is 16.9. The van der Waals surface area contributed by atoms with Gasteiger partial charge in [-0.05, 0) is 103 Å². The standard InChI is InChI=1S/C70H120O6/c1-4-7-10-13-16-19-22-24-26-28-30-31-32-33-34-35-36-37-38-39-41-42-44-46-48-51-54-57-60-63-69(72)75-66-67(65-74-68(71)62-59-56-53-50-21-18-15-12-9-6-3)76-70(73)64-61-58-55-52-49-47-45-43-40-29-27-25-23-20-17-14-11-8-5-2/h7,10,16,19,24-27,30-31,33-34,36-37,39,41,67H,4-6,8-9,11-15,17-18,20-23,28-29,32,35,38,40,42-66H2,1-3H3/b10-7-,19-16-,26-24-,27-25-,31-30-,34-33-,37-36-,41-39-. The van der Waals surface area contributed by atoms with Crippen molar-refractivity contribution >= 4 is 17.9 Å². The molecule has 0 fully saturated rings. The van der Waals surface area contributed by atoms with Crippen molar-refractivity contribution in [2.45, 2.75) is 316 Å². The second kappa shape index (κ2) is 63.9. The maximum Gasteiger partial charge on any atom is 0.306 e. The van der Waals surface area contributed by atoms with E-state index in [1.165, 1.54) is 161 Å². The van der Waals surface area contributed by atoms with E-state index >= 15 is 0 Å². The van der Waals surface area contributed by atoms with Crippen molar-refractivity contribution in [3.63, 3.8) is 0 Å². The zero-order valence-corrected chi connectivity index (χ0v) is 50.0. The molecular weight excluding hydrogens is 937 g/mol. The van der Waals surface area contributed by atoms with Gasteiger partial charge in [0.05, 0.1) is 0 Å². The van der Waals surface area contributed by atoms with Crippen LogP contribution in [0.3, 0.4) is 0 Å². The second-order valence-electron chi connectivity index (χ2n) is 21.3. The predicted octanol–water partition coefficient (Wildman–Crippen LogP) is 22.0. The molecule has 1 atom stereocenters. The van der Waals surface area contributed by atoms with Gasteiger partial charge in [0.15, 0.2) is 6.10 Å². The van der Waals surface area contributed by atoms with Crippen molar-refractivity contribution in [1.82, 2.24) is 0 Å². The van der Waals surface area contributed by atoms with Gasteiger partial charge in [-0.3, -0.25) is 14.4 Å². The van der Waals surface area contributed by atoms with Crippen molar-refractivity contribution in [3.05, 3.63) is 97.2 Å². The van der Waals surface area contributed by atoms with Crippen LogP contribution >= 0.6 is 0 Å². The zero-order valence-electron chi connectivity index (χ0n) is 50.0. The first-order valence-corrected chi connectivity index (χ1v) is 32.2. The minimum atomic E-state index is -0.782. The molecule has 1 unspecified atom stereocenters. The molecule has 0 radical (unpaired) electrons. The third kappa shape index (κ3) is 61.2. The molecule has 0 aliphatic heterocycles. The van der Waals surface area contributed by atoms with Gasteiger partial charge in [0.25, 0.3) is 0 Å². The highest BCUT2D eigenvalue weighted by atomic mass is 16.6. The highest BCUT2D eigenvalue weighted by Gasteiger charge is 2.19. The van der Waals surface area contributed by atoms with E-state index in [9.17, 15) is 14.4 Å². The SMILES string of the molecule is CC/C=C\C/C=C\C/C=C\C/C=C\C/C=C\C/C=C\C/C=C\CCCCCCCCCC(=O)OCC(COC(=O)CCCCCCCCCCCC)OC(=O)CCCCCCCCCCC/C=C\CCCCCCCC. The maximum atomic E-state index is 12.9. The molecular formula is C70H120O6. The van der Waals surface area contributed by atoms with Gasteiger partial charge in [0.1, 0.15) is 13.2 Å². The van der Waals surface area contributed by atoms with Crippen molar-refractivity contribution in [3.8, 4) is 0 Å². The Labute approximate surface area is 470 Å². The van der Waals surface area contributed by atoms with E-state index in [0.717, 1.165) is 109 Å². The van der Waals surface area contributed by atoms with Crippen molar-refractivity contribution in [2.24, 2.45) is 0 Å². The monoisotopic (exact) mass is 1060 g/mol. The molecule has 0 aromatic rings. The van der Waals surface area contributed by atoms with Crippen LogP contribution in [0.5, 0.6) is 0 Å². The number of ether oxygens (including phenoxy) is 3. The van der Waals surface area contributed by atoms with Gasteiger partial charge in [-0.2, -0.15) is 0 Å². The van der Waals surface area contributed by atoms with Gasteiger partial charge in [0.2, 0.25) is 0 Å². The minimum Gasteiger partial charge on any atom is -0.462 e. The zero-order chi connectivity index (χ0) is 55.0. The Hall–Kier alpha value is -3.67. The molecule has 0 spiro atoms. The summed E-state index contributed by atoms with van der Waals surface area (Å²) in [6.45, 7) is 6.52. The molecule has 6 nitrogen and oxygen atoms in total. The number of unbranched alkanes of at least 4 members (excludes halogenated alkanes) is 31. The molecule has 0 saturated carbocycles. The van der Waals surface area contributed by atoms with Crippen LogP contribution in [0.25, 0.3) is 0 Å².